The highest BCUT2D eigenvalue weighted by molar-refractivity contribution is 5.96. The number of alkyl carbamates (subject to hydrolysis) is 2. The van der Waals surface area contributed by atoms with Gasteiger partial charge in [0.25, 0.3) is 0 Å². The van der Waals surface area contributed by atoms with Crippen LogP contribution in [0.25, 0.3) is 33.3 Å². The predicted octanol–water partition coefficient (Wildman–Crippen LogP) is 5.63. The number of rotatable bonds is 11. The van der Waals surface area contributed by atoms with Gasteiger partial charge in [-0.25, -0.2) is 14.6 Å². The molecule has 15 nitrogen and oxygen atoms in total. The van der Waals surface area contributed by atoms with Crippen molar-refractivity contribution in [2.45, 2.75) is 69.2 Å². The summed E-state index contributed by atoms with van der Waals surface area (Å²) in [6.45, 7) is 3.38. The van der Waals surface area contributed by atoms with Crippen LogP contribution in [0.1, 0.15) is 61.6 Å². The first-order valence-electron chi connectivity index (χ1n) is 20.1. The number of hydrogen-bond donors (Lipinski definition) is 5. The topological polar surface area (TPSA) is 186 Å². The van der Waals surface area contributed by atoms with E-state index in [1.54, 1.807) is 18.0 Å². The van der Waals surface area contributed by atoms with Gasteiger partial charge in [-0.2, -0.15) is 0 Å². The molecule has 59 heavy (non-hydrogen) atoms. The number of amides is 4. The van der Waals surface area contributed by atoms with Gasteiger partial charge in [0.15, 0.2) is 0 Å². The molecule has 1 unspecified atom stereocenters. The Morgan fingerprint density at radius 3 is 2.19 bits per heavy atom. The van der Waals surface area contributed by atoms with Crippen LogP contribution in [-0.2, 0) is 25.5 Å². The molecule has 0 radical (unpaired) electrons. The summed E-state index contributed by atoms with van der Waals surface area (Å²) in [7, 11) is 2.57. The van der Waals surface area contributed by atoms with Crippen LogP contribution in [-0.4, -0.2) is 107 Å². The molecular weight excluding hydrogens is 751 g/mol. The quantitative estimate of drug-likeness (QED) is 0.114. The fourth-order valence-corrected chi connectivity index (χ4v) is 8.55. The SMILES string of the molecule is COC(=O)N[C@@H](C)C(=O)N1CCC[C@H]1c1ncc(-c2ccc(-c3ccc(C4CN=C([C@@H]5CCCN5C(=O)[C@H](Cc5c[nH]c6ccccc56)NC(=O)OC)N4)cc3)cc2)[nH]1. The smallest absolute Gasteiger partial charge is 0.407 e. The van der Waals surface area contributed by atoms with Gasteiger partial charge in [-0.1, -0.05) is 66.7 Å². The number of ether oxygens (including phenoxy) is 2. The van der Waals surface area contributed by atoms with Crippen molar-refractivity contribution in [3.8, 4) is 22.4 Å². The van der Waals surface area contributed by atoms with E-state index in [0.717, 1.165) is 81.8 Å². The molecule has 15 heteroatoms. The van der Waals surface area contributed by atoms with Crippen LogP contribution in [0.15, 0.2) is 90.2 Å². The molecule has 5 aromatic rings. The van der Waals surface area contributed by atoms with Gasteiger partial charge in [0.05, 0.1) is 50.8 Å². The van der Waals surface area contributed by atoms with Crippen LogP contribution in [0.3, 0.4) is 0 Å². The number of imidazole rings is 1. The van der Waals surface area contributed by atoms with Crippen LogP contribution in [0.4, 0.5) is 9.59 Å². The number of likely N-dealkylation sites (tertiary alicyclic amines) is 2. The first-order chi connectivity index (χ1) is 28.7. The summed E-state index contributed by atoms with van der Waals surface area (Å²) in [6, 6.07) is 22.7. The Kier molecular flexibility index (Phi) is 11.3. The summed E-state index contributed by atoms with van der Waals surface area (Å²) in [5.74, 6) is 1.18. The normalized spacial score (nSPS) is 19.8. The van der Waals surface area contributed by atoms with Crippen LogP contribution in [0.2, 0.25) is 0 Å². The van der Waals surface area contributed by atoms with Crippen LogP contribution < -0.4 is 16.0 Å². The summed E-state index contributed by atoms with van der Waals surface area (Å²) in [6.07, 6.45) is 5.98. The molecular formula is C44H49N9O6. The minimum atomic E-state index is -0.799. The lowest BCUT2D eigenvalue weighted by Crippen LogP contribution is -2.53. The molecule has 4 amide bonds. The van der Waals surface area contributed by atoms with Crippen LogP contribution >= 0.6 is 0 Å². The number of hydrogen-bond acceptors (Lipinski definition) is 9. The molecule has 2 saturated heterocycles. The zero-order chi connectivity index (χ0) is 41.0. The number of amidine groups is 1. The maximum atomic E-state index is 14.1. The Morgan fingerprint density at radius 2 is 1.46 bits per heavy atom. The van der Waals surface area contributed by atoms with Crippen molar-refractivity contribution >= 4 is 40.7 Å². The van der Waals surface area contributed by atoms with Gasteiger partial charge >= 0.3 is 12.2 Å². The molecule has 5 N–H and O–H groups in total. The third kappa shape index (κ3) is 8.22. The number of H-pyrrole nitrogens is 2. The van der Waals surface area contributed by atoms with E-state index in [1.165, 1.54) is 14.2 Å². The number of carbonyl (C=O) groups is 4. The summed E-state index contributed by atoms with van der Waals surface area (Å²) < 4.78 is 9.56. The predicted molar refractivity (Wildman–Crippen MR) is 222 cm³/mol. The molecule has 2 aromatic heterocycles. The Bertz CT molecular complexity index is 2350. The standard InChI is InChI=1S/C44H49N9O6/c1-26(48-43(56)58-2)41(54)52-20-6-10-37(52)39-46-24-35(49-39)29-16-12-27(13-17-29)28-14-18-30(19-15-28)36-25-47-40(50-36)38-11-7-21-53(38)42(55)34(51-44(57)59-3)22-31-23-45-33-9-5-4-8-32(31)33/h4-5,8-9,12-19,23-24,26,34,36-38,45H,6-7,10-11,20-22,25H2,1-3H3,(H,46,49)(H,47,50)(H,48,56)(H,51,57)/t26-,34-,36?,37-,38-/m0/s1. The number of fused-ring (bicyclic) bond motifs is 1. The number of aliphatic imine (C=N–C) groups is 1. The van der Waals surface area contributed by atoms with Crippen LogP contribution in [0.5, 0.6) is 0 Å². The Hall–Kier alpha value is -6.64. The number of benzene rings is 3. The fourth-order valence-electron chi connectivity index (χ4n) is 8.55. The number of carbonyl (C=O) groups excluding carboxylic acids is 4. The van der Waals surface area contributed by atoms with E-state index in [0.29, 0.717) is 26.1 Å². The minimum Gasteiger partial charge on any atom is -0.453 e. The molecule has 3 aliphatic rings. The number of nitrogens with one attached hydrogen (secondary N) is 5. The molecule has 0 aliphatic carbocycles. The van der Waals surface area contributed by atoms with Crippen molar-refractivity contribution in [1.29, 1.82) is 0 Å². The maximum absolute atomic E-state index is 14.1. The Labute approximate surface area is 342 Å². The molecule has 2 fully saturated rings. The van der Waals surface area contributed by atoms with Gasteiger partial charge < -0.3 is 45.2 Å². The van der Waals surface area contributed by atoms with E-state index in [1.807, 2.05) is 35.4 Å². The molecule has 3 aromatic carbocycles. The number of aromatic nitrogens is 3. The molecule has 306 valence electrons. The average molecular weight is 800 g/mol. The highest BCUT2D eigenvalue weighted by Crippen LogP contribution is 2.33. The summed E-state index contributed by atoms with van der Waals surface area (Å²) in [5.41, 5.74) is 7.00. The second-order valence-corrected chi connectivity index (χ2v) is 15.3. The molecule has 5 heterocycles. The Morgan fingerprint density at radius 1 is 0.814 bits per heavy atom. The third-order valence-electron chi connectivity index (χ3n) is 11.7. The molecule has 0 spiro atoms. The van der Waals surface area contributed by atoms with Gasteiger partial charge in [0, 0.05) is 36.6 Å². The van der Waals surface area contributed by atoms with E-state index >= 15 is 0 Å². The summed E-state index contributed by atoms with van der Waals surface area (Å²) in [4.78, 5) is 71.2. The minimum absolute atomic E-state index is 0.0258. The van der Waals surface area contributed by atoms with E-state index in [2.05, 4.69) is 84.2 Å². The fraction of sp³-hybridized carbons (Fsp3) is 0.364. The lowest BCUT2D eigenvalue weighted by Gasteiger charge is -2.29. The largest absolute Gasteiger partial charge is 0.453 e. The van der Waals surface area contributed by atoms with E-state index in [9.17, 15) is 19.2 Å². The van der Waals surface area contributed by atoms with Crippen molar-refractivity contribution in [1.82, 2.24) is 40.7 Å². The van der Waals surface area contributed by atoms with Crippen LogP contribution in [0, 0.1) is 0 Å². The number of para-hydroxylation sites is 1. The lowest BCUT2D eigenvalue weighted by molar-refractivity contribution is -0.134. The second-order valence-electron chi connectivity index (χ2n) is 15.3. The first kappa shape index (κ1) is 39.2. The number of aromatic amines is 2. The van der Waals surface area contributed by atoms with Crippen molar-refractivity contribution in [3.63, 3.8) is 0 Å². The molecule has 0 bridgehead atoms. The molecule has 3 aliphatic heterocycles. The second kappa shape index (κ2) is 17.1. The van der Waals surface area contributed by atoms with Gasteiger partial charge in [0.2, 0.25) is 11.8 Å². The first-order valence-corrected chi connectivity index (χ1v) is 20.1. The summed E-state index contributed by atoms with van der Waals surface area (Å²) >= 11 is 0. The highest BCUT2D eigenvalue weighted by atomic mass is 16.5. The van der Waals surface area contributed by atoms with Gasteiger partial charge in [0.1, 0.15) is 23.7 Å². The van der Waals surface area contributed by atoms with Gasteiger partial charge in [-0.15, -0.1) is 0 Å². The summed E-state index contributed by atoms with van der Waals surface area (Å²) in [5, 5.41) is 9.98. The number of nitrogens with zero attached hydrogens (tertiary/aromatic N) is 4. The van der Waals surface area contributed by atoms with Crippen molar-refractivity contribution in [2.75, 3.05) is 33.9 Å². The third-order valence-corrected chi connectivity index (χ3v) is 11.7. The number of methoxy groups -OCH3 is 2. The van der Waals surface area contributed by atoms with Crippen molar-refractivity contribution in [2.24, 2.45) is 4.99 Å². The zero-order valence-corrected chi connectivity index (χ0v) is 33.4. The van der Waals surface area contributed by atoms with E-state index in [-0.39, 0.29) is 29.9 Å². The van der Waals surface area contributed by atoms with E-state index in [4.69, 9.17) is 9.73 Å². The highest BCUT2D eigenvalue weighted by Gasteiger charge is 2.39. The molecule has 0 saturated carbocycles. The monoisotopic (exact) mass is 799 g/mol. The van der Waals surface area contributed by atoms with E-state index < -0.39 is 24.3 Å². The average Bonchev–Trinajstić information content (AvgIpc) is 4.13. The molecule has 8 rings (SSSR count). The maximum Gasteiger partial charge on any atom is 0.407 e. The molecule has 5 atom stereocenters. The van der Waals surface area contributed by atoms with Crippen molar-refractivity contribution < 1.29 is 28.7 Å². The zero-order valence-electron chi connectivity index (χ0n) is 33.4. The lowest BCUT2D eigenvalue weighted by atomic mass is 9.99. The van der Waals surface area contributed by atoms with Crippen molar-refractivity contribution in [3.05, 3.63) is 102 Å². The Balaban J connectivity index is 0.887. The van der Waals surface area contributed by atoms with Gasteiger partial charge in [-0.05, 0) is 66.5 Å². The van der Waals surface area contributed by atoms with Gasteiger partial charge in [-0.3, -0.25) is 14.6 Å².